The third-order valence-corrected chi connectivity index (χ3v) is 5.46. The van der Waals surface area contributed by atoms with Crippen LogP contribution in [0.25, 0.3) is 10.9 Å². The van der Waals surface area contributed by atoms with Crippen molar-refractivity contribution in [1.29, 1.82) is 0 Å². The molecule has 3 aromatic rings. The molecule has 0 aliphatic carbocycles. The molecule has 0 radical (unpaired) electrons. The summed E-state index contributed by atoms with van der Waals surface area (Å²) in [5.41, 5.74) is 0.497. The number of anilines is 1. The summed E-state index contributed by atoms with van der Waals surface area (Å²) in [6.07, 6.45) is 1.61. The molecule has 2 aromatic heterocycles. The number of hydrogen-bond donors (Lipinski definition) is 1. The van der Waals surface area contributed by atoms with Crippen LogP contribution in [0.15, 0.2) is 55.4 Å². The predicted molar refractivity (Wildman–Crippen MR) is 111 cm³/mol. The highest BCUT2D eigenvalue weighted by Crippen LogP contribution is 2.21. The molecule has 0 unspecified atom stereocenters. The summed E-state index contributed by atoms with van der Waals surface area (Å²) in [5.74, 6) is 0.396. The molecule has 9 heteroatoms. The molecule has 0 saturated carbocycles. The van der Waals surface area contributed by atoms with E-state index in [9.17, 15) is 9.59 Å². The molecule has 1 amide bonds. The van der Waals surface area contributed by atoms with Crippen molar-refractivity contribution in [3.05, 3.63) is 55.8 Å². The average molecular weight is 498 g/mol. The van der Waals surface area contributed by atoms with Gasteiger partial charge in [-0.2, -0.15) is 0 Å². The van der Waals surface area contributed by atoms with Gasteiger partial charge in [-0.05, 0) is 53.2 Å². The van der Waals surface area contributed by atoms with Gasteiger partial charge in [0.2, 0.25) is 5.91 Å². The van der Waals surface area contributed by atoms with Gasteiger partial charge in [0.15, 0.2) is 5.16 Å². The Morgan fingerprint density at radius 1 is 1.23 bits per heavy atom. The molecule has 0 bridgehead atoms. The van der Waals surface area contributed by atoms with Gasteiger partial charge in [-0.15, -0.1) is 0 Å². The summed E-state index contributed by atoms with van der Waals surface area (Å²) in [5, 5.41) is 3.79. The monoisotopic (exact) mass is 496 g/mol. The van der Waals surface area contributed by atoms with Crippen LogP contribution in [0.4, 0.5) is 5.82 Å². The Morgan fingerprint density at radius 3 is 2.69 bits per heavy atom. The van der Waals surface area contributed by atoms with E-state index >= 15 is 0 Å². The molecule has 134 valence electrons. The van der Waals surface area contributed by atoms with E-state index in [1.165, 1.54) is 11.8 Å². The molecule has 1 aromatic carbocycles. The number of hydrogen-bond acceptors (Lipinski definition) is 5. The van der Waals surface area contributed by atoms with E-state index in [-0.39, 0.29) is 17.2 Å². The fraction of sp³-hybridized carbons (Fsp3) is 0.176. The van der Waals surface area contributed by atoms with Crippen molar-refractivity contribution in [2.24, 2.45) is 0 Å². The number of halogens is 2. The highest BCUT2D eigenvalue weighted by atomic mass is 79.9. The summed E-state index contributed by atoms with van der Waals surface area (Å²) in [7, 11) is 0. The van der Waals surface area contributed by atoms with Gasteiger partial charge in [-0.25, -0.2) is 9.97 Å². The number of nitrogens with zero attached hydrogens (tertiary/aromatic N) is 3. The zero-order valence-corrected chi connectivity index (χ0v) is 17.7. The molecule has 0 saturated heterocycles. The van der Waals surface area contributed by atoms with Gasteiger partial charge in [0, 0.05) is 21.7 Å². The standard InChI is InChI=1S/C17H14Br2N4O2S/c1-2-23-16(25)12-7-10(18)3-5-13(12)21-17(23)26-9-15(24)22-14-6-4-11(19)8-20-14/h3-8H,2,9H2,1H3,(H,20,22,24). The van der Waals surface area contributed by atoms with E-state index in [1.807, 2.05) is 13.0 Å². The Bertz CT molecular complexity index is 1020. The fourth-order valence-corrected chi connectivity index (χ4v) is 3.78. The van der Waals surface area contributed by atoms with E-state index < -0.39 is 0 Å². The first-order valence-corrected chi connectivity index (χ1v) is 10.3. The molecule has 26 heavy (non-hydrogen) atoms. The Labute approximate surface area is 170 Å². The van der Waals surface area contributed by atoms with Crippen LogP contribution < -0.4 is 10.9 Å². The lowest BCUT2D eigenvalue weighted by Crippen LogP contribution is -2.23. The molecule has 6 nitrogen and oxygen atoms in total. The van der Waals surface area contributed by atoms with Crippen LogP contribution in [0.3, 0.4) is 0 Å². The molecule has 0 fully saturated rings. The minimum absolute atomic E-state index is 0.115. The number of carbonyl (C=O) groups is 1. The maximum absolute atomic E-state index is 12.7. The van der Waals surface area contributed by atoms with Crippen LogP contribution >= 0.6 is 43.6 Å². The van der Waals surface area contributed by atoms with E-state index in [0.717, 1.165) is 8.95 Å². The van der Waals surface area contributed by atoms with Crippen molar-refractivity contribution in [3.63, 3.8) is 0 Å². The zero-order valence-electron chi connectivity index (χ0n) is 13.7. The minimum atomic E-state index is -0.211. The van der Waals surface area contributed by atoms with Gasteiger partial charge in [-0.1, -0.05) is 27.7 Å². The first-order valence-electron chi connectivity index (χ1n) is 7.72. The maximum atomic E-state index is 12.7. The summed E-state index contributed by atoms with van der Waals surface area (Å²) in [6, 6.07) is 8.90. The second-order valence-electron chi connectivity index (χ2n) is 5.30. The lowest BCUT2D eigenvalue weighted by molar-refractivity contribution is -0.113. The molecule has 0 aliphatic heterocycles. The molecule has 0 spiro atoms. The van der Waals surface area contributed by atoms with Crippen LogP contribution in [0, 0.1) is 0 Å². The van der Waals surface area contributed by atoms with Crippen molar-refractivity contribution in [1.82, 2.24) is 14.5 Å². The molecule has 3 rings (SSSR count). The van der Waals surface area contributed by atoms with Gasteiger partial charge < -0.3 is 5.32 Å². The lowest BCUT2D eigenvalue weighted by Gasteiger charge is -2.11. The number of rotatable bonds is 5. The second-order valence-corrected chi connectivity index (χ2v) is 8.08. The zero-order chi connectivity index (χ0) is 18.7. The molecule has 0 atom stereocenters. The fourth-order valence-electron chi connectivity index (χ4n) is 2.32. The van der Waals surface area contributed by atoms with Crippen molar-refractivity contribution in [2.45, 2.75) is 18.6 Å². The minimum Gasteiger partial charge on any atom is -0.310 e. The quantitative estimate of drug-likeness (QED) is 0.424. The largest absolute Gasteiger partial charge is 0.310 e. The van der Waals surface area contributed by atoms with E-state index in [4.69, 9.17) is 0 Å². The van der Waals surface area contributed by atoms with E-state index in [1.54, 1.807) is 35.0 Å². The molecular formula is C17H14Br2N4O2S. The van der Waals surface area contributed by atoms with Gasteiger partial charge in [0.25, 0.3) is 5.56 Å². The van der Waals surface area contributed by atoms with Crippen molar-refractivity contribution in [2.75, 3.05) is 11.1 Å². The maximum Gasteiger partial charge on any atom is 0.262 e. The molecule has 1 N–H and O–H groups in total. The molecule has 0 aliphatic rings. The number of nitrogens with one attached hydrogen (secondary N) is 1. The number of pyridine rings is 1. The van der Waals surface area contributed by atoms with Gasteiger partial charge in [0.05, 0.1) is 16.7 Å². The SMILES string of the molecule is CCn1c(SCC(=O)Nc2ccc(Br)cn2)nc2ccc(Br)cc2c1=O. The second kappa shape index (κ2) is 8.32. The summed E-state index contributed by atoms with van der Waals surface area (Å²) in [4.78, 5) is 33.5. The van der Waals surface area contributed by atoms with Crippen molar-refractivity contribution in [3.8, 4) is 0 Å². The number of thioether (sulfide) groups is 1. The third-order valence-electron chi connectivity index (χ3n) is 3.52. The van der Waals surface area contributed by atoms with Crippen LogP contribution in [-0.2, 0) is 11.3 Å². The van der Waals surface area contributed by atoms with Gasteiger partial charge in [0.1, 0.15) is 5.82 Å². The predicted octanol–water partition coefficient (Wildman–Crippen LogP) is 4.07. The lowest BCUT2D eigenvalue weighted by atomic mass is 10.2. The van der Waals surface area contributed by atoms with Crippen LogP contribution in [0.5, 0.6) is 0 Å². The average Bonchev–Trinajstić information content (AvgIpc) is 2.62. The topological polar surface area (TPSA) is 76.9 Å². The number of aromatic nitrogens is 3. The Balaban J connectivity index is 1.79. The van der Waals surface area contributed by atoms with Crippen LogP contribution in [0.1, 0.15) is 6.92 Å². The smallest absolute Gasteiger partial charge is 0.262 e. The first-order chi connectivity index (χ1) is 12.5. The Kier molecular flexibility index (Phi) is 6.10. The highest BCUT2D eigenvalue weighted by molar-refractivity contribution is 9.10. The van der Waals surface area contributed by atoms with Crippen LogP contribution in [0.2, 0.25) is 0 Å². The number of amides is 1. The summed E-state index contributed by atoms with van der Waals surface area (Å²) >= 11 is 7.90. The third kappa shape index (κ3) is 4.33. The van der Waals surface area contributed by atoms with Crippen LogP contribution in [-0.4, -0.2) is 26.2 Å². The Morgan fingerprint density at radius 2 is 2.00 bits per heavy atom. The molecule has 2 heterocycles. The number of carbonyl (C=O) groups excluding carboxylic acids is 1. The van der Waals surface area contributed by atoms with Gasteiger partial charge >= 0.3 is 0 Å². The highest BCUT2D eigenvalue weighted by Gasteiger charge is 2.13. The van der Waals surface area contributed by atoms with Gasteiger partial charge in [-0.3, -0.25) is 14.2 Å². The molecular weight excluding hydrogens is 484 g/mol. The number of benzene rings is 1. The van der Waals surface area contributed by atoms with E-state index in [0.29, 0.717) is 28.4 Å². The first kappa shape index (κ1) is 19.1. The number of fused-ring (bicyclic) bond motifs is 1. The Hall–Kier alpha value is -1.71. The van der Waals surface area contributed by atoms with Crippen molar-refractivity contribution < 1.29 is 4.79 Å². The van der Waals surface area contributed by atoms with E-state index in [2.05, 4.69) is 47.1 Å². The van der Waals surface area contributed by atoms with Crippen molar-refractivity contribution >= 4 is 66.2 Å². The normalized spacial score (nSPS) is 10.9. The summed E-state index contributed by atoms with van der Waals surface area (Å²) < 4.78 is 3.24. The summed E-state index contributed by atoms with van der Waals surface area (Å²) in [6.45, 7) is 2.36.